The molecule has 16 heavy (non-hydrogen) atoms. The Morgan fingerprint density at radius 2 is 1.75 bits per heavy atom. The maximum atomic E-state index is 5.36. The van der Waals surface area contributed by atoms with Crippen molar-refractivity contribution in [2.75, 3.05) is 14.2 Å². The molecule has 0 aliphatic carbocycles. The van der Waals surface area contributed by atoms with Crippen molar-refractivity contribution in [3.8, 4) is 0 Å². The van der Waals surface area contributed by atoms with Gasteiger partial charge in [0.1, 0.15) is 0 Å². The van der Waals surface area contributed by atoms with E-state index in [1.807, 2.05) is 7.05 Å². The van der Waals surface area contributed by atoms with E-state index in [-0.39, 0.29) is 6.10 Å². The van der Waals surface area contributed by atoms with Crippen LogP contribution in [0.4, 0.5) is 0 Å². The number of likely N-dealkylation sites (N-methyl/N-ethyl adjacent to an activating group) is 1. The van der Waals surface area contributed by atoms with E-state index < -0.39 is 0 Å². The Kier molecular flexibility index (Phi) is 5.50. The van der Waals surface area contributed by atoms with Crippen LogP contribution in [-0.2, 0) is 17.6 Å². The number of rotatable bonds is 6. The molecule has 2 unspecified atom stereocenters. The van der Waals surface area contributed by atoms with Crippen LogP contribution in [0.15, 0.2) is 24.3 Å². The Morgan fingerprint density at radius 3 is 2.19 bits per heavy atom. The molecule has 2 atom stereocenters. The number of benzene rings is 1. The fraction of sp³-hybridized carbons (Fsp3) is 0.571. The average molecular weight is 221 g/mol. The highest BCUT2D eigenvalue weighted by atomic mass is 16.5. The van der Waals surface area contributed by atoms with Crippen molar-refractivity contribution in [1.29, 1.82) is 0 Å². The lowest BCUT2D eigenvalue weighted by Gasteiger charge is -2.22. The summed E-state index contributed by atoms with van der Waals surface area (Å²) in [6.45, 7) is 4.28. The number of hydrogen-bond donors (Lipinski definition) is 1. The predicted molar refractivity (Wildman–Crippen MR) is 68.8 cm³/mol. The second kappa shape index (κ2) is 6.66. The van der Waals surface area contributed by atoms with Gasteiger partial charge in [-0.1, -0.05) is 31.2 Å². The zero-order valence-corrected chi connectivity index (χ0v) is 10.8. The molecule has 1 rings (SSSR count). The normalized spacial score (nSPS) is 14.8. The van der Waals surface area contributed by atoms with Gasteiger partial charge in [-0.25, -0.2) is 0 Å². The lowest BCUT2D eigenvalue weighted by atomic mass is 10.0. The third-order valence-electron chi connectivity index (χ3n) is 3.20. The molecule has 0 aliphatic rings. The summed E-state index contributed by atoms with van der Waals surface area (Å²) in [7, 11) is 3.75. The van der Waals surface area contributed by atoms with Crippen LogP contribution in [0.25, 0.3) is 0 Å². The molecule has 2 heteroatoms. The molecule has 0 fully saturated rings. The highest BCUT2D eigenvalue weighted by molar-refractivity contribution is 5.23. The summed E-state index contributed by atoms with van der Waals surface area (Å²) < 4.78 is 5.36. The Labute approximate surface area is 99.0 Å². The van der Waals surface area contributed by atoms with E-state index in [1.54, 1.807) is 7.11 Å². The number of methoxy groups -OCH3 is 1. The van der Waals surface area contributed by atoms with Crippen LogP contribution >= 0.6 is 0 Å². The zero-order chi connectivity index (χ0) is 12.0. The summed E-state index contributed by atoms with van der Waals surface area (Å²) in [5.41, 5.74) is 2.75. The van der Waals surface area contributed by atoms with Crippen molar-refractivity contribution >= 4 is 0 Å². The standard InChI is InChI=1S/C14H23NO/c1-5-12-6-8-13(9-7-12)10-14(15-3)11(2)16-4/h6-9,11,14-15H,5,10H2,1-4H3. The predicted octanol–water partition coefficient (Wildman–Crippen LogP) is 2.41. The minimum absolute atomic E-state index is 0.232. The number of aryl methyl sites for hydroxylation is 1. The van der Waals surface area contributed by atoms with Gasteiger partial charge in [-0.2, -0.15) is 0 Å². The van der Waals surface area contributed by atoms with Crippen LogP contribution in [-0.4, -0.2) is 26.3 Å². The van der Waals surface area contributed by atoms with Crippen molar-refractivity contribution in [2.24, 2.45) is 0 Å². The number of nitrogens with one attached hydrogen (secondary N) is 1. The zero-order valence-electron chi connectivity index (χ0n) is 10.8. The average Bonchev–Trinajstić information content (AvgIpc) is 2.35. The molecule has 0 bridgehead atoms. The molecule has 0 heterocycles. The van der Waals surface area contributed by atoms with Gasteiger partial charge in [0.15, 0.2) is 0 Å². The van der Waals surface area contributed by atoms with E-state index in [0.29, 0.717) is 6.04 Å². The lowest BCUT2D eigenvalue weighted by molar-refractivity contribution is 0.0857. The summed E-state index contributed by atoms with van der Waals surface area (Å²) in [6.07, 6.45) is 2.34. The van der Waals surface area contributed by atoms with Crippen LogP contribution in [0.3, 0.4) is 0 Å². The molecule has 0 spiro atoms. The van der Waals surface area contributed by atoms with E-state index in [4.69, 9.17) is 4.74 Å². The highest BCUT2D eigenvalue weighted by Crippen LogP contribution is 2.10. The first-order valence-electron chi connectivity index (χ1n) is 5.99. The SMILES string of the molecule is CCc1ccc(CC(NC)C(C)OC)cc1. The lowest BCUT2D eigenvalue weighted by Crippen LogP contribution is -2.38. The van der Waals surface area contributed by atoms with Gasteiger partial charge in [0.25, 0.3) is 0 Å². The number of ether oxygens (including phenoxy) is 1. The second-order valence-corrected chi connectivity index (χ2v) is 4.21. The van der Waals surface area contributed by atoms with Gasteiger partial charge in [-0.05, 0) is 37.9 Å². The quantitative estimate of drug-likeness (QED) is 0.796. The second-order valence-electron chi connectivity index (χ2n) is 4.21. The smallest absolute Gasteiger partial charge is 0.0699 e. The third-order valence-corrected chi connectivity index (χ3v) is 3.20. The van der Waals surface area contributed by atoms with Gasteiger partial charge >= 0.3 is 0 Å². The maximum Gasteiger partial charge on any atom is 0.0699 e. The van der Waals surface area contributed by atoms with Crippen LogP contribution in [0, 0.1) is 0 Å². The topological polar surface area (TPSA) is 21.3 Å². The van der Waals surface area contributed by atoms with Gasteiger partial charge < -0.3 is 10.1 Å². The molecule has 0 aliphatic heterocycles. The molecule has 1 aromatic rings. The van der Waals surface area contributed by atoms with E-state index in [1.165, 1.54) is 11.1 Å². The number of hydrogen-bond acceptors (Lipinski definition) is 2. The van der Waals surface area contributed by atoms with Crippen molar-refractivity contribution in [3.63, 3.8) is 0 Å². The third kappa shape index (κ3) is 3.62. The summed E-state index contributed by atoms with van der Waals surface area (Å²) in [6, 6.07) is 9.22. The minimum atomic E-state index is 0.232. The maximum absolute atomic E-state index is 5.36. The Bertz CT molecular complexity index is 294. The molecular weight excluding hydrogens is 198 g/mol. The monoisotopic (exact) mass is 221 g/mol. The molecule has 0 aromatic heterocycles. The van der Waals surface area contributed by atoms with Crippen molar-refractivity contribution in [1.82, 2.24) is 5.32 Å². The molecule has 90 valence electrons. The first-order valence-corrected chi connectivity index (χ1v) is 5.99. The van der Waals surface area contributed by atoms with Crippen LogP contribution < -0.4 is 5.32 Å². The van der Waals surface area contributed by atoms with Gasteiger partial charge in [0, 0.05) is 13.2 Å². The van der Waals surface area contributed by atoms with Gasteiger partial charge in [-0.15, -0.1) is 0 Å². The molecule has 2 nitrogen and oxygen atoms in total. The van der Waals surface area contributed by atoms with Crippen molar-refractivity contribution < 1.29 is 4.74 Å². The summed E-state index contributed by atoms with van der Waals surface area (Å²) in [5.74, 6) is 0. The van der Waals surface area contributed by atoms with Gasteiger partial charge in [0.2, 0.25) is 0 Å². The van der Waals surface area contributed by atoms with Crippen LogP contribution in [0.2, 0.25) is 0 Å². The molecule has 1 aromatic carbocycles. The highest BCUT2D eigenvalue weighted by Gasteiger charge is 2.14. The van der Waals surface area contributed by atoms with Crippen molar-refractivity contribution in [2.45, 2.75) is 38.8 Å². The Balaban J connectivity index is 2.63. The van der Waals surface area contributed by atoms with Gasteiger partial charge in [-0.3, -0.25) is 0 Å². The summed E-state index contributed by atoms with van der Waals surface area (Å²) >= 11 is 0. The van der Waals surface area contributed by atoms with Crippen molar-refractivity contribution in [3.05, 3.63) is 35.4 Å². The Hall–Kier alpha value is -0.860. The van der Waals surface area contributed by atoms with Crippen LogP contribution in [0.1, 0.15) is 25.0 Å². The van der Waals surface area contributed by atoms with E-state index in [2.05, 4.69) is 43.4 Å². The molecule has 0 saturated heterocycles. The molecular formula is C14H23NO. The molecule has 0 radical (unpaired) electrons. The van der Waals surface area contributed by atoms with E-state index in [9.17, 15) is 0 Å². The molecule has 1 N–H and O–H groups in total. The van der Waals surface area contributed by atoms with Crippen LogP contribution in [0.5, 0.6) is 0 Å². The Morgan fingerprint density at radius 1 is 1.19 bits per heavy atom. The first-order chi connectivity index (χ1) is 7.71. The minimum Gasteiger partial charge on any atom is -0.380 e. The fourth-order valence-corrected chi connectivity index (χ4v) is 1.83. The fourth-order valence-electron chi connectivity index (χ4n) is 1.83. The molecule has 0 saturated carbocycles. The first kappa shape index (κ1) is 13.2. The van der Waals surface area contributed by atoms with E-state index in [0.717, 1.165) is 12.8 Å². The summed E-state index contributed by atoms with van der Waals surface area (Å²) in [4.78, 5) is 0. The van der Waals surface area contributed by atoms with E-state index >= 15 is 0 Å². The largest absolute Gasteiger partial charge is 0.380 e. The summed E-state index contributed by atoms with van der Waals surface area (Å²) in [5, 5.41) is 3.30. The van der Waals surface area contributed by atoms with Gasteiger partial charge in [0.05, 0.1) is 6.10 Å². The molecule has 0 amide bonds.